The van der Waals surface area contributed by atoms with Crippen LogP contribution in [0.3, 0.4) is 0 Å². The number of piperazine rings is 1. The minimum Gasteiger partial charge on any atom is -0.484 e. The third kappa shape index (κ3) is 6.04. The number of benzene rings is 2. The lowest BCUT2D eigenvalue weighted by molar-refractivity contribution is -0.139. The van der Waals surface area contributed by atoms with E-state index in [0.29, 0.717) is 31.0 Å². The first kappa shape index (κ1) is 22.7. The van der Waals surface area contributed by atoms with Crippen molar-refractivity contribution in [2.75, 3.05) is 26.3 Å². The van der Waals surface area contributed by atoms with Crippen molar-refractivity contribution in [3.05, 3.63) is 65.5 Å². The number of carbonyl (C=O) groups excluding carboxylic acids is 2. The Morgan fingerprint density at radius 3 is 2.52 bits per heavy atom. The Morgan fingerprint density at radius 2 is 1.81 bits per heavy atom. The smallest absolute Gasteiger partial charge is 0.338 e. The lowest BCUT2D eigenvalue weighted by Gasteiger charge is -2.44. The number of ether oxygens (including phenoxy) is 2. The van der Waals surface area contributed by atoms with Crippen molar-refractivity contribution in [2.24, 2.45) is 0 Å². The number of hydrogen-bond donors (Lipinski definition) is 0. The van der Waals surface area contributed by atoms with Crippen molar-refractivity contribution in [3.8, 4) is 5.75 Å². The van der Waals surface area contributed by atoms with Gasteiger partial charge in [0.1, 0.15) is 11.6 Å². The summed E-state index contributed by atoms with van der Waals surface area (Å²) in [4.78, 5) is 28.8. The van der Waals surface area contributed by atoms with Crippen molar-refractivity contribution in [3.63, 3.8) is 0 Å². The van der Waals surface area contributed by atoms with Crippen LogP contribution in [0.2, 0.25) is 0 Å². The number of amides is 1. The van der Waals surface area contributed by atoms with Gasteiger partial charge in [0.2, 0.25) is 0 Å². The summed E-state index contributed by atoms with van der Waals surface area (Å²) < 4.78 is 23.8. The molecule has 0 saturated carbocycles. The van der Waals surface area contributed by atoms with Crippen LogP contribution < -0.4 is 4.74 Å². The maximum atomic E-state index is 13.1. The average molecular weight is 429 g/mol. The Morgan fingerprint density at radius 1 is 1.06 bits per heavy atom. The van der Waals surface area contributed by atoms with E-state index < -0.39 is 5.97 Å². The summed E-state index contributed by atoms with van der Waals surface area (Å²) in [6, 6.07) is 13.4. The molecule has 0 aromatic heterocycles. The molecule has 1 aliphatic rings. The first-order valence-electron chi connectivity index (χ1n) is 10.5. The number of rotatable bonds is 7. The first-order chi connectivity index (χ1) is 14.9. The quantitative estimate of drug-likeness (QED) is 0.632. The second-order valence-corrected chi connectivity index (χ2v) is 7.84. The Kier molecular flexibility index (Phi) is 7.63. The maximum Gasteiger partial charge on any atom is 0.338 e. The van der Waals surface area contributed by atoms with Crippen molar-refractivity contribution >= 4 is 11.9 Å². The Bertz CT molecular complexity index is 903. The summed E-state index contributed by atoms with van der Waals surface area (Å²) >= 11 is 0. The molecule has 0 aliphatic carbocycles. The van der Waals surface area contributed by atoms with Crippen LogP contribution in [0.4, 0.5) is 4.39 Å². The minimum absolute atomic E-state index is 0.0265. The number of halogens is 1. The molecule has 1 saturated heterocycles. The van der Waals surface area contributed by atoms with Gasteiger partial charge >= 0.3 is 5.97 Å². The van der Waals surface area contributed by atoms with E-state index >= 15 is 0 Å². The zero-order valence-electron chi connectivity index (χ0n) is 18.2. The van der Waals surface area contributed by atoms with Gasteiger partial charge in [-0.2, -0.15) is 0 Å². The topological polar surface area (TPSA) is 59.1 Å². The monoisotopic (exact) mass is 428 g/mol. The van der Waals surface area contributed by atoms with Crippen LogP contribution in [-0.4, -0.2) is 60.1 Å². The SMILES string of the molecule is CCOC(=O)c1cccc(OCC(=O)N2C[C@H](C)N(Cc3ccc(F)cc3)C[C@H]2C)c1. The van der Waals surface area contributed by atoms with Crippen molar-refractivity contribution in [1.29, 1.82) is 0 Å². The molecule has 2 aromatic carbocycles. The van der Waals surface area contributed by atoms with Gasteiger partial charge in [-0.05, 0) is 56.7 Å². The van der Waals surface area contributed by atoms with Gasteiger partial charge in [0.25, 0.3) is 5.91 Å². The third-order valence-electron chi connectivity index (χ3n) is 5.44. The summed E-state index contributed by atoms with van der Waals surface area (Å²) in [5.74, 6) is -0.302. The van der Waals surface area contributed by atoms with Crippen LogP contribution in [0.15, 0.2) is 48.5 Å². The molecule has 7 heteroatoms. The van der Waals surface area contributed by atoms with E-state index in [9.17, 15) is 14.0 Å². The summed E-state index contributed by atoms with van der Waals surface area (Å²) in [6.45, 7) is 8.08. The molecule has 2 atom stereocenters. The second kappa shape index (κ2) is 10.4. The zero-order chi connectivity index (χ0) is 22.4. The minimum atomic E-state index is -0.418. The lowest BCUT2D eigenvalue weighted by Crippen LogP contribution is -2.58. The Hall–Kier alpha value is -2.93. The molecule has 166 valence electrons. The Balaban J connectivity index is 1.55. The summed E-state index contributed by atoms with van der Waals surface area (Å²) in [7, 11) is 0. The van der Waals surface area contributed by atoms with Crippen LogP contribution in [0.5, 0.6) is 5.75 Å². The molecule has 0 bridgehead atoms. The van der Waals surface area contributed by atoms with E-state index in [1.54, 1.807) is 43.3 Å². The van der Waals surface area contributed by atoms with Gasteiger partial charge in [-0.15, -0.1) is 0 Å². The predicted octanol–water partition coefficient (Wildman–Crippen LogP) is 3.50. The molecule has 0 spiro atoms. The van der Waals surface area contributed by atoms with Crippen LogP contribution in [-0.2, 0) is 16.1 Å². The second-order valence-electron chi connectivity index (χ2n) is 7.84. The lowest BCUT2D eigenvalue weighted by atomic mass is 10.1. The van der Waals surface area contributed by atoms with Crippen LogP contribution in [0, 0.1) is 5.82 Å². The third-order valence-corrected chi connectivity index (χ3v) is 5.44. The highest BCUT2D eigenvalue weighted by molar-refractivity contribution is 5.89. The molecular formula is C24H29FN2O4. The molecule has 6 nitrogen and oxygen atoms in total. The largest absolute Gasteiger partial charge is 0.484 e. The van der Waals surface area contributed by atoms with E-state index in [1.165, 1.54) is 12.1 Å². The van der Waals surface area contributed by atoms with Crippen molar-refractivity contribution in [2.45, 2.75) is 39.4 Å². The fraction of sp³-hybridized carbons (Fsp3) is 0.417. The van der Waals surface area contributed by atoms with Gasteiger partial charge in [0.15, 0.2) is 6.61 Å². The Labute approximate surface area is 182 Å². The molecule has 0 N–H and O–H groups in total. The number of carbonyl (C=O) groups is 2. The summed E-state index contributed by atoms with van der Waals surface area (Å²) in [5.41, 5.74) is 1.44. The molecule has 0 radical (unpaired) electrons. The van der Waals surface area contributed by atoms with E-state index in [0.717, 1.165) is 12.1 Å². The van der Waals surface area contributed by atoms with E-state index in [2.05, 4.69) is 11.8 Å². The van der Waals surface area contributed by atoms with Gasteiger partial charge in [-0.3, -0.25) is 9.69 Å². The van der Waals surface area contributed by atoms with Crippen molar-refractivity contribution in [1.82, 2.24) is 9.80 Å². The highest BCUT2D eigenvalue weighted by Crippen LogP contribution is 2.20. The van der Waals surface area contributed by atoms with E-state index in [4.69, 9.17) is 9.47 Å². The molecule has 1 amide bonds. The first-order valence-corrected chi connectivity index (χ1v) is 10.5. The number of hydrogen-bond acceptors (Lipinski definition) is 5. The fourth-order valence-corrected chi connectivity index (χ4v) is 3.75. The van der Waals surface area contributed by atoms with Crippen LogP contribution in [0.25, 0.3) is 0 Å². The van der Waals surface area contributed by atoms with Gasteiger partial charge in [0, 0.05) is 31.7 Å². The van der Waals surface area contributed by atoms with E-state index in [-0.39, 0.29) is 30.4 Å². The molecule has 2 aromatic rings. The predicted molar refractivity (Wildman–Crippen MR) is 115 cm³/mol. The van der Waals surface area contributed by atoms with Gasteiger partial charge in [-0.1, -0.05) is 18.2 Å². The van der Waals surface area contributed by atoms with E-state index in [1.807, 2.05) is 11.8 Å². The molecule has 1 fully saturated rings. The maximum absolute atomic E-state index is 13.1. The van der Waals surface area contributed by atoms with Crippen LogP contribution in [0.1, 0.15) is 36.7 Å². The molecule has 31 heavy (non-hydrogen) atoms. The zero-order valence-corrected chi connectivity index (χ0v) is 18.2. The molecule has 1 heterocycles. The summed E-state index contributed by atoms with van der Waals surface area (Å²) in [5, 5.41) is 0. The fourth-order valence-electron chi connectivity index (χ4n) is 3.75. The molecule has 1 aliphatic heterocycles. The van der Waals surface area contributed by atoms with Crippen molar-refractivity contribution < 1.29 is 23.5 Å². The highest BCUT2D eigenvalue weighted by Gasteiger charge is 2.32. The normalized spacial score (nSPS) is 19.2. The molecular weight excluding hydrogens is 399 g/mol. The number of nitrogens with zero attached hydrogens (tertiary/aromatic N) is 2. The average Bonchev–Trinajstić information content (AvgIpc) is 2.76. The van der Waals surface area contributed by atoms with Gasteiger partial charge < -0.3 is 14.4 Å². The summed E-state index contributed by atoms with van der Waals surface area (Å²) in [6.07, 6.45) is 0. The standard InChI is InChI=1S/C24H29FN2O4/c1-4-30-24(29)20-6-5-7-22(12-20)31-16-23(28)27-14-17(2)26(13-18(27)3)15-19-8-10-21(25)11-9-19/h5-12,17-18H,4,13-16H2,1-3H3/t17-,18+/m0/s1. The number of esters is 1. The molecule has 3 rings (SSSR count). The van der Waals surface area contributed by atoms with Crippen LogP contribution >= 0.6 is 0 Å². The van der Waals surface area contributed by atoms with Gasteiger partial charge in [0.05, 0.1) is 12.2 Å². The molecule has 0 unspecified atom stereocenters. The highest BCUT2D eigenvalue weighted by atomic mass is 19.1. The van der Waals surface area contributed by atoms with Gasteiger partial charge in [-0.25, -0.2) is 9.18 Å².